The van der Waals surface area contributed by atoms with Gasteiger partial charge < -0.3 is 10.1 Å². The molecule has 0 aliphatic rings. The average molecular weight is 295 g/mol. The number of nitro groups is 1. The lowest BCUT2D eigenvalue weighted by Gasteiger charge is -2.08. The number of hydrogen-bond acceptors (Lipinski definition) is 6. The van der Waals surface area contributed by atoms with Gasteiger partial charge in [0.15, 0.2) is 0 Å². The summed E-state index contributed by atoms with van der Waals surface area (Å²) in [5.41, 5.74) is 0.503. The minimum absolute atomic E-state index is 0.0850. The van der Waals surface area contributed by atoms with Crippen molar-refractivity contribution in [3.05, 3.63) is 51.3 Å². The number of nitrogens with one attached hydrogen (secondary N) is 1. The van der Waals surface area contributed by atoms with E-state index in [-0.39, 0.29) is 17.4 Å². The van der Waals surface area contributed by atoms with Gasteiger partial charge in [-0.15, -0.1) is 0 Å². The first-order valence-corrected chi connectivity index (χ1v) is 6.02. The molecule has 1 aromatic heterocycles. The highest BCUT2D eigenvalue weighted by Gasteiger charge is 2.23. The van der Waals surface area contributed by atoms with Gasteiger partial charge in [0, 0.05) is 11.6 Å². The Morgan fingerprint density at radius 3 is 2.80 bits per heavy atom. The van der Waals surface area contributed by atoms with Gasteiger partial charge in [0.25, 0.3) is 5.88 Å². The molecule has 20 heavy (non-hydrogen) atoms. The molecule has 1 aromatic carbocycles. The van der Waals surface area contributed by atoms with Gasteiger partial charge in [0.05, 0.1) is 12.0 Å². The first-order chi connectivity index (χ1) is 9.63. The Bertz CT molecular complexity index is 636. The van der Waals surface area contributed by atoms with Crippen molar-refractivity contribution in [3.8, 4) is 5.88 Å². The largest absolute Gasteiger partial charge is 0.476 e. The van der Waals surface area contributed by atoms with Crippen LogP contribution in [0.25, 0.3) is 0 Å². The second-order valence-electron chi connectivity index (χ2n) is 3.78. The van der Waals surface area contributed by atoms with Crippen LogP contribution in [0.15, 0.2) is 30.6 Å². The molecule has 1 N–H and O–H groups in total. The second kappa shape index (κ2) is 6.16. The second-order valence-corrected chi connectivity index (χ2v) is 4.19. The Hall–Kier alpha value is -2.41. The van der Waals surface area contributed by atoms with Crippen LogP contribution in [0.1, 0.15) is 5.56 Å². The maximum atomic E-state index is 11.1. The summed E-state index contributed by atoms with van der Waals surface area (Å²) in [6, 6.07) is 7.20. The van der Waals surface area contributed by atoms with Crippen LogP contribution in [0.4, 0.5) is 11.5 Å². The zero-order valence-electron chi connectivity index (χ0n) is 10.5. The third-order valence-electron chi connectivity index (χ3n) is 2.57. The van der Waals surface area contributed by atoms with Gasteiger partial charge >= 0.3 is 5.69 Å². The molecular formula is C12H11ClN4O3. The van der Waals surface area contributed by atoms with Gasteiger partial charge in [-0.3, -0.25) is 10.1 Å². The van der Waals surface area contributed by atoms with Crippen molar-refractivity contribution >= 4 is 23.1 Å². The van der Waals surface area contributed by atoms with E-state index in [0.717, 1.165) is 5.56 Å². The van der Waals surface area contributed by atoms with Crippen molar-refractivity contribution in [1.82, 2.24) is 9.97 Å². The highest BCUT2D eigenvalue weighted by molar-refractivity contribution is 6.31. The SMILES string of the molecule is COc1ncnc(NCc2ccccc2Cl)c1[N+](=O)[O-]. The topological polar surface area (TPSA) is 90.2 Å². The van der Waals surface area contributed by atoms with Crippen LogP contribution < -0.4 is 10.1 Å². The fourth-order valence-corrected chi connectivity index (χ4v) is 1.83. The zero-order chi connectivity index (χ0) is 14.5. The number of aromatic nitrogens is 2. The first-order valence-electron chi connectivity index (χ1n) is 5.64. The number of rotatable bonds is 5. The van der Waals surface area contributed by atoms with Gasteiger partial charge in [0.1, 0.15) is 6.33 Å². The molecule has 0 saturated heterocycles. The lowest BCUT2D eigenvalue weighted by atomic mass is 10.2. The summed E-state index contributed by atoms with van der Waals surface area (Å²) in [5.74, 6) is -0.00608. The number of nitrogens with zero attached hydrogens (tertiary/aromatic N) is 3. The van der Waals surface area contributed by atoms with Gasteiger partial charge in [-0.25, -0.2) is 4.98 Å². The highest BCUT2D eigenvalue weighted by atomic mass is 35.5. The van der Waals surface area contributed by atoms with E-state index in [1.54, 1.807) is 6.07 Å². The van der Waals surface area contributed by atoms with Crippen molar-refractivity contribution in [1.29, 1.82) is 0 Å². The van der Waals surface area contributed by atoms with E-state index in [1.807, 2.05) is 18.2 Å². The third kappa shape index (κ3) is 2.94. The summed E-state index contributed by atoms with van der Waals surface area (Å²) < 4.78 is 4.86. The number of benzene rings is 1. The summed E-state index contributed by atoms with van der Waals surface area (Å²) in [5, 5.41) is 14.5. The quantitative estimate of drug-likeness (QED) is 0.673. The van der Waals surface area contributed by atoms with Crippen LogP contribution in [0.5, 0.6) is 5.88 Å². The standard InChI is InChI=1S/C12H11ClN4O3/c1-20-12-10(17(18)19)11(15-7-16-12)14-6-8-4-2-3-5-9(8)13/h2-5,7H,6H2,1H3,(H,14,15,16). The Labute approximate surface area is 119 Å². The average Bonchev–Trinajstić information content (AvgIpc) is 2.45. The normalized spacial score (nSPS) is 10.1. The van der Waals surface area contributed by atoms with Crippen LogP contribution in [-0.4, -0.2) is 22.0 Å². The summed E-state index contributed by atoms with van der Waals surface area (Å²) in [6.07, 6.45) is 1.20. The molecular weight excluding hydrogens is 284 g/mol. The smallest absolute Gasteiger partial charge is 0.372 e. The summed E-state index contributed by atoms with van der Waals surface area (Å²) in [6.45, 7) is 0.306. The molecule has 1 heterocycles. The molecule has 0 aliphatic carbocycles. The van der Waals surface area contributed by atoms with Crippen LogP contribution in [0.3, 0.4) is 0 Å². The van der Waals surface area contributed by atoms with Gasteiger partial charge in [-0.2, -0.15) is 4.98 Å². The molecule has 0 radical (unpaired) electrons. The molecule has 0 aliphatic heterocycles. The van der Waals surface area contributed by atoms with E-state index in [1.165, 1.54) is 13.4 Å². The molecule has 0 amide bonds. The molecule has 8 heteroatoms. The molecule has 0 atom stereocenters. The molecule has 104 valence electrons. The van der Waals surface area contributed by atoms with Crippen LogP contribution in [-0.2, 0) is 6.54 Å². The summed E-state index contributed by atoms with van der Waals surface area (Å²) in [7, 11) is 1.31. The van der Waals surface area contributed by atoms with E-state index >= 15 is 0 Å². The monoisotopic (exact) mass is 294 g/mol. The molecule has 0 fully saturated rings. The number of hydrogen-bond donors (Lipinski definition) is 1. The molecule has 0 saturated carbocycles. The van der Waals surface area contributed by atoms with Crippen molar-refractivity contribution in [2.24, 2.45) is 0 Å². The lowest BCUT2D eigenvalue weighted by Crippen LogP contribution is -2.07. The van der Waals surface area contributed by atoms with Gasteiger partial charge in [0.2, 0.25) is 5.82 Å². The maximum Gasteiger partial charge on any atom is 0.372 e. The third-order valence-corrected chi connectivity index (χ3v) is 2.94. The Morgan fingerprint density at radius 1 is 1.40 bits per heavy atom. The fourth-order valence-electron chi connectivity index (χ4n) is 1.63. The molecule has 0 unspecified atom stereocenters. The van der Waals surface area contributed by atoms with Gasteiger partial charge in [-0.1, -0.05) is 29.8 Å². The van der Waals surface area contributed by atoms with E-state index in [9.17, 15) is 10.1 Å². The van der Waals surface area contributed by atoms with Gasteiger partial charge in [-0.05, 0) is 11.6 Å². The number of ether oxygens (including phenoxy) is 1. The Morgan fingerprint density at radius 2 is 2.15 bits per heavy atom. The van der Waals surface area contributed by atoms with Crippen molar-refractivity contribution in [2.75, 3.05) is 12.4 Å². The number of halogens is 1. The predicted molar refractivity (Wildman–Crippen MR) is 74.0 cm³/mol. The Kier molecular flexibility index (Phi) is 4.31. The minimum Gasteiger partial charge on any atom is -0.476 e. The number of methoxy groups -OCH3 is 1. The fraction of sp³-hybridized carbons (Fsp3) is 0.167. The molecule has 0 spiro atoms. The molecule has 7 nitrogen and oxygen atoms in total. The minimum atomic E-state index is -0.590. The van der Waals surface area contributed by atoms with Crippen LogP contribution in [0, 0.1) is 10.1 Å². The van der Waals surface area contributed by atoms with E-state index in [0.29, 0.717) is 11.6 Å². The summed E-state index contributed by atoms with van der Waals surface area (Å²) in [4.78, 5) is 18.0. The van der Waals surface area contributed by atoms with Crippen molar-refractivity contribution < 1.29 is 9.66 Å². The van der Waals surface area contributed by atoms with Crippen molar-refractivity contribution in [2.45, 2.75) is 6.54 Å². The molecule has 2 aromatic rings. The maximum absolute atomic E-state index is 11.1. The highest BCUT2D eigenvalue weighted by Crippen LogP contribution is 2.30. The number of anilines is 1. The molecule has 0 bridgehead atoms. The summed E-state index contributed by atoms with van der Waals surface area (Å²) >= 11 is 6.02. The zero-order valence-corrected chi connectivity index (χ0v) is 11.3. The predicted octanol–water partition coefficient (Wildman–Crippen LogP) is 2.66. The van der Waals surface area contributed by atoms with E-state index < -0.39 is 4.92 Å². The van der Waals surface area contributed by atoms with E-state index in [4.69, 9.17) is 16.3 Å². The molecule has 2 rings (SSSR count). The Balaban J connectivity index is 2.26. The van der Waals surface area contributed by atoms with Crippen LogP contribution in [0.2, 0.25) is 5.02 Å². The van der Waals surface area contributed by atoms with Crippen molar-refractivity contribution in [3.63, 3.8) is 0 Å². The van der Waals surface area contributed by atoms with E-state index in [2.05, 4.69) is 15.3 Å². The first kappa shape index (κ1) is 14.0. The van der Waals surface area contributed by atoms with Crippen LogP contribution >= 0.6 is 11.6 Å². The lowest BCUT2D eigenvalue weighted by molar-refractivity contribution is -0.385.